The smallest absolute Gasteiger partial charge is 0.244 e. The summed E-state index contributed by atoms with van der Waals surface area (Å²) in [5.41, 5.74) is 12.1. The predicted octanol–water partition coefficient (Wildman–Crippen LogP) is 4.30. The van der Waals surface area contributed by atoms with Gasteiger partial charge in [-0.15, -0.1) is 0 Å². The van der Waals surface area contributed by atoms with Gasteiger partial charge in [0.2, 0.25) is 5.91 Å². The van der Waals surface area contributed by atoms with Gasteiger partial charge < -0.3 is 11.5 Å². The van der Waals surface area contributed by atoms with Crippen LogP contribution in [0.5, 0.6) is 0 Å². The molecule has 0 saturated heterocycles. The summed E-state index contributed by atoms with van der Waals surface area (Å²) in [6.07, 6.45) is 9.16. The van der Waals surface area contributed by atoms with E-state index in [2.05, 4.69) is 34.3 Å². The lowest BCUT2D eigenvalue weighted by molar-refractivity contribution is -0.116. The van der Waals surface area contributed by atoms with Crippen LogP contribution in [0, 0.1) is 5.41 Å². The lowest BCUT2D eigenvalue weighted by Crippen LogP contribution is -2.56. The van der Waals surface area contributed by atoms with Crippen molar-refractivity contribution in [2.75, 3.05) is 0 Å². The van der Waals surface area contributed by atoms with Gasteiger partial charge in [-0.1, -0.05) is 65.9 Å². The molecule has 0 aliphatic carbocycles. The summed E-state index contributed by atoms with van der Waals surface area (Å²) in [6, 6.07) is 0. The number of unbranched alkanes of at least 4 members (excludes halogenated alkanes) is 3. The maximum atomic E-state index is 11.9. The molecule has 0 aliphatic rings. The number of carbonyl (C=O) groups is 1. The second-order valence-corrected chi connectivity index (χ2v) is 6.65. The van der Waals surface area contributed by atoms with Crippen LogP contribution in [0.15, 0.2) is 12.2 Å². The molecule has 4 N–H and O–H groups in total. The predicted molar refractivity (Wildman–Crippen MR) is 91.9 cm³/mol. The molecule has 1 amide bonds. The Kier molecular flexibility index (Phi) is 8.88. The zero-order chi connectivity index (χ0) is 16.5. The molecule has 3 heteroatoms. The Hall–Kier alpha value is -0.830. The zero-order valence-corrected chi connectivity index (χ0v) is 14.6. The normalized spacial score (nSPS) is 14.7. The number of rotatable bonds is 12. The van der Waals surface area contributed by atoms with Crippen molar-refractivity contribution in [2.45, 2.75) is 91.0 Å². The highest BCUT2D eigenvalue weighted by atomic mass is 16.1. The second kappa shape index (κ2) is 9.24. The van der Waals surface area contributed by atoms with Crippen molar-refractivity contribution < 1.29 is 4.79 Å². The molecule has 21 heavy (non-hydrogen) atoms. The fraction of sp³-hybridized carbons (Fsp3) is 0.833. The summed E-state index contributed by atoms with van der Waals surface area (Å²) in [5.74, 6) is -0.393. The molecule has 0 saturated carbocycles. The van der Waals surface area contributed by atoms with Crippen molar-refractivity contribution in [1.82, 2.24) is 0 Å². The van der Waals surface area contributed by atoms with Crippen LogP contribution in [0.4, 0.5) is 0 Å². The van der Waals surface area contributed by atoms with Crippen LogP contribution in [-0.2, 0) is 4.79 Å². The minimum Gasteiger partial charge on any atom is -0.366 e. The van der Waals surface area contributed by atoms with E-state index in [9.17, 15) is 4.79 Å². The van der Waals surface area contributed by atoms with Crippen molar-refractivity contribution in [3.8, 4) is 0 Å². The van der Waals surface area contributed by atoms with Crippen LogP contribution in [0.25, 0.3) is 0 Å². The Balaban J connectivity index is 5.61. The van der Waals surface area contributed by atoms with E-state index in [0.29, 0.717) is 5.57 Å². The van der Waals surface area contributed by atoms with Gasteiger partial charge in [0.25, 0.3) is 0 Å². The Morgan fingerprint density at radius 3 is 1.67 bits per heavy atom. The molecule has 0 fully saturated rings. The Bertz CT molecular complexity index is 326. The Morgan fingerprint density at radius 2 is 1.33 bits per heavy atom. The van der Waals surface area contributed by atoms with Gasteiger partial charge in [-0.05, 0) is 26.2 Å². The van der Waals surface area contributed by atoms with Gasteiger partial charge >= 0.3 is 0 Å². The van der Waals surface area contributed by atoms with Crippen LogP contribution in [-0.4, -0.2) is 11.4 Å². The third kappa shape index (κ3) is 5.14. The first-order valence-electron chi connectivity index (χ1n) is 8.57. The monoisotopic (exact) mass is 296 g/mol. The number of carbonyl (C=O) groups excluding carboxylic acids is 1. The molecular formula is C18H36N2O. The number of primary amides is 1. The third-order valence-corrected chi connectivity index (χ3v) is 4.93. The SMILES string of the molecule is C=C(C(N)=O)C(CCCC)(CCCC)C(C)(N)CCCC. The first-order valence-corrected chi connectivity index (χ1v) is 8.57. The number of hydrogen-bond acceptors (Lipinski definition) is 2. The average molecular weight is 296 g/mol. The van der Waals surface area contributed by atoms with Gasteiger partial charge in [-0.2, -0.15) is 0 Å². The molecule has 1 atom stereocenters. The summed E-state index contributed by atoms with van der Waals surface area (Å²) < 4.78 is 0. The van der Waals surface area contributed by atoms with E-state index < -0.39 is 11.4 Å². The van der Waals surface area contributed by atoms with E-state index in [1.807, 2.05) is 0 Å². The van der Waals surface area contributed by atoms with Crippen molar-refractivity contribution in [1.29, 1.82) is 0 Å². The van der Waals surface area contributed by atoms with Crippen molar-refractivity contribution in [3.05, 3.63) is 12.2 Å². The standard InChI is InChI=1S/C18H36N2O/c1-6-9-12-17(5,20)18(13-10-7-2,14-11-8-3)15(4)16(19)21/h4,6-14,20H2,1-3,5H3,(H2,19,21). The largest absolute Gasteiger partial charge is 0.366 e. The number of hydrogen-bond donors (Lipinski definition) is 2. The highest BCUT2D eigenvalue weighted by molar-refractivity contribution is 5.93. The van der Waals surface area contributed by atoms with E-state index in [1.54, 1.807) is 0 Å². The van der Waals surface area contributed by atoms with Crippen molar-refractivity contribution in [2.24, 2.45) is 16.9 Å². The minimum absolute atomic E-state index is 0.361. The highest BCUT2D eigenvalue weighted by Crippen LogP contribution is 2.47. The molecular weight excluding hydrogens is 260 g/mol. The van der Waals surface area contributed by atoms with Gasteiger partial charge in [0, 0.05) is 16.5 Å². The molecule has 0 bridgehead atoms. The summed E-state index contributed by atoms with van der Waals surface area (Å²) >= 11 is 0. The maximum absolute atomic E-state index is 11.9. The van der Waals surface area contributed by atoms with Crippen LogP contribution in [0.1, 0.15) is 85.5 Å². The Morgan fingerprint density at radius 1 is 0.952 bits per heavy atom. The topological polar surface area (TPSA) is 69.1 Å². The molecule has 0 aromatic heterocycles. The van der Waals surface area contributed by atoms with Gasteiger partial charge in [-0.3, -0.25) is 4.79 Å². The van der Waals surface area contributed by atoms with E-state index in [4.69, 9.17) is 11.5 Å². The van der Waals surface area contributed by atoms with Crippen LogP contribution < -0.4 is 11.5 Å². The molecule has 3 nitrogen and oxygen atoms in total. The molecule has 0 aliphatic heterocycles. The van der Waals surface area contributed by atoms with Gasteiger partial charge in [-0.25, -0.2) is 0 Å². The van der Waals surface area contributed by atoms with Crippen LogP contribution in [0.3, 0.4) is 0 Å². The van der Waals surface area contributed by atoms with Gasteiger partial charge in [0.1, 0.15) is 0 Å². The third-order valence-electron chi connectivity index (χ3n) is 4.93. The first kappa shape index (κ1) is 20.2. The van der Waals surface area contributed by atoms with Gasteiger partial charge in [0.15, 0.2) is 0 Å². The maximum Gasteiger partial charge on any atom is 0.244 e. The average Bonchev–Trinajstić information content (AvgIpc) is 2.44. The fourth-order valence-electron chi connectivity index (χ4n) is 3.32. The Labute approximate surface area is 131 Å². The summed E-state index contributed by atoms with van der Waals surface area (Å²) in [6.45, 7) is 12.6. The lowest BCUT2D eigenvalue weighted by Gasteiger charge is -2.48. The first-order chi connectivity index (χ1) is 9.79. The van der Waals surface area contributed by atoms with E-state index in [-0.39, 0.29) is 5.41 Å². The van der Waals surface area contributed by atoms with E-state index >= 15 is 0 Å². The zero-order valence-electron chi connectivity index (χ0n) is 14.6. The summed E-state index contributed by atoms with van der Waals surface area (Å²) in [4.78, 5) is 11.9. The quantitative estimate of drug-likeness (QED) is 0.527. The molecule has 0 spiro atoms. The fourth-order valence-corrected chi connectivity index (χ4v) is 3.32. The van der Waals surface area contributed by atoms with E-state index in [0.717, 1.165) is 57.8 Å². The molecule has 0 aromatic rings. The van der Waals surface area contributed by atoms with Crippen molar-refractivity contribution >= 4 is 5.91 Å². The minimum atomic E-state index is -0.431. The lowest BCUT2D eigenvalue weighted by atomic mass is 9.59. The second-order valence-electron chi connectivity index (χ2n) is 6.65. The molecule has 0 radical (unpaired) electrons. The molecule has 0 rings (SSSR count). The summed E-state index contributed by atoms with van der Waals surface area (Å²) in [5, 5.41) is 0. The molecule has 0 heterocycles. The molecule has 1 unspecified atom stereocenters. The van der Waals surface area contributed by atoms with Crippen LogP contribution >= 0.6 is 0 Å². The van der Waals surface area contributed by atoms with Gasteiger partial charge in [0.05, 0.1) is 0 Å². The van der Waals surface area contributed by atoms with Crippen molar-refractivity contribution in [3.63, 3.8) is 0 Å². The van der Waals surface area contributed by atoms with Crippen LogP contribution in [0.2, 0.25) is 0 Å². The molecule has 0 aromatic carbocycles. The number of nitrogens with two attached hydrogens (primary N) is 2. The highest BCUT2D eigenvalue weighted by Gasteiger charge is 2.47. The number of amides is 1. The van der Waals surface area contributed by atoms with E-state index in [1.165, 1.54) is 0 Å². The molecule has 124 valence electrons. The summed E-state index contributed by atoms with van der Waals surface area (Å²) in [7, 11) is 0.